The zero-order chi connectivity index (χ0) is 11.9. The van der Waals surface area contributed by atoms with Crippen molar-refractivity contribution in [3.63, 3.8) is 0 Å². The maximum absolute atomic E-state index is 2.35. The van der Waals surface area contributed by atoms with Crippen LogP contribution in [0.25, 0.3) is 0 Å². The Hall–Kier alpha value is -1.70. The molecule has 2 heteroatoms. The molecule has 1 aliphatic heterocycles. The SMILES string of the molecule is BN1CC(C)(c2ccccc2)c2ccccc21. The summed E-state index contributed by atoms with van der Waals surface area (Å²) >= 11 is 0. The van der Waals surface area contributed by atoms with Gasteiger partial charge in [0.25, 0.3) is 0 Å². The monoisotopic (exact) mass is 221 g/mol. The van der Waals surface area contributed by atoms with Gasteiger partial charge in [0.1, 0.15) is 0 Å². The van der Waals surface area contributed by atoms with E-state index in [2.05, 4.69) is 74.3 Å². The number of hydrogen-bond donors (Lipinski definition) is 0. The summed E-state index contributed by atoms with van der Waals surface area (Å²) in [5.74, 6) is 0. The van der Waals surface area contributed by atoms with E-state index >= 15 is 0 Å². The summed E-state index contributed by atoms with van der Waals surface area (Å²) < 4.78 is 0. The van der Waals surface area contributed by atoms with E-state index in [4.69, 9.17) is 0 Å². The fourth-order valence-electron chi connectivity index (χ4n) is 2.97. The molecule has 0 amide bonds. The van der Waals surface area contributed by atoms with Crippen molar-refractivity contribution >= 4 is 13.7 Å². The average Bonchev–Trinajstić information content (AvgIpc) is 2.65. The van der Waals surface area contributed by atoms with Gasteiger partial charge in [-0.15, -0.1) is 0 Å². The van der Waals surface area contributed by atoms with Gasteiger partial charge in [0, 0.05) is 17.6 Å². The molecule has 17 heavy (non-hydrogen) atoms. The molecular weight excluding hydrogens is 205 g/mol. The molecule has 0 N–H and O–H groups in total. The average molecular weight is 221 g/mol. The Morgan fingerprint density at radius 2 is 1.65 bits per heavy atom. The van der Waals surface area contributed by atoms with Crippen LogP contribution in [0.1, 0.15) is 18.1 Å². The fourth-order valence-corrected chi connectivity index (χ4v) is 2.97. The first-order valence-electron chi connectivity index (χ1n) is 6.08. The quantitative estimate of drug-likeness (QED) is 0.668. The number of para-hydroxylation sites is 1. The molecule has 0 saturated heterocycles. The molecule has 0 radical (unpaired) electrons. The van der Waals surface area contributed by atoms with Gasteiger partial charge in [-0.2, -0.15) is 0 Å². The van der Waals surface area contributed by atoms with Crippen molar-refractivity contribution < 1.29 is 0 Å². The molecule has 0 spiro atoms. The number of fused-ring (bicyclic) bond motifs is 1. The van der Waals surface area contributed by atoms with Crippen LogP contribution in [-0.2, 0) is 5.41 Å². The lowest BCUT2D eigenvalue weighted by Gasteiger charge is -2.26. The Balaban J connectivity index is 2.18. The first-order chi connectivity index (χ1) is 8.22. The van der Waals surface area contributed by atoms with Gasteiger partial charge in [-0.1, -0.05) is 48.5 Å². The zero-order valence-electron chi connectivity index (χ0n) is 10.4. The van der Waals surface area contributed by atoms with E-state index in [1.807, 2.05) is 0 Å². The van der Waals surface area contributed by atoms with Gasteiger partial charge in [0.15, 0.2) is 0 Å². The van der Waals surface area contributed by atoms with E-state index in [0.717, 1.165) is 6.54 Å². The Bertz CT molecular complexity index is 538. The standard InChI is InChI=1S/C15H16BN/c1-15(12-7-3-2-4-8-12)11-17(16)14-10-6-5-9-13(14)15/h2-10H,11,16H2,1H3. The van der Waals surface area contributed by atoms with Crippen molar-refractivity contribution in [2.75, 3.05) is 11.4 Å². The maximum Gasteiger partial charge on any atom is 0.217 e. The molecule has 0 bridgehead atoms. The van der Waals surface area contributed by atoms with Crippen LogP contribution in [0.4, 0.5) is 5.69 Å². The van der Waals surface area contributed by atoms with Crippen molar-refractivity contribution in [2.24, 2.45) is 0 Å². The van der Waals surface area contributed by atoms with E-state index in [9.17, 15) is 0 Å². The summed E-state index contributed by atoms with van der Waals surface area (Å²) in [5.41, 5.74) is 4.32. The smallest absolute Gasteiger partial charge is 0.217 e. The van der Waals surface area contributed by atoms with E-state index in [0.29, 0.717) is 0 Å². The second-order valence-corrected chi connectivity index (χ2v) is 5.07. The van der Waals surface area contributed by atoms with E-state index < -0.39 is 0 Å². The molecule has 3 rings (SSSR count). The first-order valence-corrected chi connectivity index (χ1v) is 6.08. The highest BCUT2D eigenvalue weighted by Gasteiger charge is 2.37. The van der Waals surface area contributed by atoms with E-state index in [1.165, 1.54) is 16.8 Å². The van der Waals surface area contributed by atoms with Gasteiger partial charge < -0.3 is 4.81 Å². The van der Waals surface area contributed by atoms with Gasteiger partial charge >= 0.3 is 0 Å². The van der Waals surface area contributed by atoms with Crippen LogP contribution in [0.3, 0.4) is 0 Å². The molecule has 0 aliphatic carbocycles. The minimum absolute atomic E-state index is 0.118. The molecule has 2 aromatic carbocycles. The Morgan fingerprint density at radius 1 is 1.00 bits per heavy atom. The molecule has 0 aromatic heterocycles. The van der Waals surface area contributed by atoms with Crippen molar-refractivity contribution in [2.45, 2.75) is 12.3 Å². The lowest BCUT2D eigenvalue weighted by Crippen LogP contribution is -2.30. The summed E-state index contributed by atoms with van der Waals surface area (Å²) in [6.45, 7) is 3.39. The third-order valence-electron chi connectivity index (χ3n) is 3.87. The summed E-state index contributed by atoms with van der Waals surface area (Å²) in [7, 11) is 2.17. The number of rotatable bonds is 1. The van der Waals surface area contributed by atoms with Gasteiger partial charge in [0.2, 0.25) is 7.98 Å². The second-order valence-electron chi connectivity index (χ2n) is 5.07. The molecule has 84 valence electrons. The highest BCUT2D eigenvalue weighted by atomic mass is 15.1. The summed E-state index contributed by atoms with van der Waals surface area (Å²) in [6, 6.07) is 19.5. The van der Waals surface area contributed by atoms with Crippen LogP contribution in [-0.4, -0.2) is 14.5 Å². The van der Waals surface area contributed by atoms with Crippen LogP contribution in [0.2, 0.25) is 0 Å². The molecule has 1 unspecified atom stereocenters. The predicted octanol–water partition coefficient (Wildman–Crippen LogP) is 2.36. The molecule has 0 fully saturated rings. The lowest BCUT2D eigenvalue weighted by atomic mass is 9.78. The van der Waals surface area contributed by atoms with Gasteiger partial charge in [-0.25, -0.2) is 0 Å². The first kappa shape index (κ1) is 10.5. The largest absolute Gasteiger partial charge is 0.420 e. The van der Waals surface area contributed by atoms with Crippen molar-refractivity contribution in [3.05, 3.63) is 65.7 Å². The molecule has 1 nitrogen and oxygen atoms in total. The molecule has 1 aliphatic rings. The van der Waals surface area contributed by atoms with Crippen LogP contribution < -0.4 is 4.81 Å². The number of hydrogen-bond acceptors (Lipinski definition) is 1. The Labute approximate surface area is 104 Å². The van der Waals surface area contributed by atoms with Gasteiger partial charge in [-0.3, -0.25) is 0 Å². The third-order valence-corrected chi connectivity index (χ3v) is 3.87. The maximum atomic E-state index is 2.35. The predicted molar refractivity (Wildman–Crippen MR) is 75.2 cm³/mol. The normalized spacial score (nSPS) is 22.5. The summed E-state index contributed by atoms with van der Waals surface area (Å²) in [6.07, 6.45) is 0. The minimum atomic E-state index is 0.118. The van der Waals surface area contributed by atoms with Crippen molar-refractivity contribution in [1.29, 1.82) is 0 Å². The summed E-state index contributed by atoms with van der Waals surface area (Å²) in [5, 5.41) is 0. The van der Waals surface area contributed by atoms with Crippen LogP contribution in [0, 0.1) is 0 Å². The van der Waals surface area contributed by atoms with Crippen molar-refractivity contribution in [3.8, 4) is 0 Å². The minimum Gasteiger partial charge on any atom is -0.420 e. The van der Waals surface area contributed by atoms with Crippen LogP contribution in [0.15, 0.2) is 54.6 Å². The topological polar surface area (TPSA) is 3.24 Å². The number of anilines is 1. The van der Waals surface area contributed by atoms with Gasteiger partial charge in [-0.05, 0) is 24.1 Å². The molecule has 2 aromatic rings. The van der Waals surface area contributed by atoms with Gasteiger partial charge in [0.05, 0.1) is 0 Å². The summed E-state index contributed by atoms with van der Waals surface area (Å²) in [4.78, 5) is 2.35. The van der Waals surface area contributed by atoms with E-state index in [-0.39, 0.29) is 5.41 Å². The number of nitrogens with zero attached hydrogens (tertiary/aromatic N) is 1. The molecule has 0 saturated carbocycles. The van der Waals surface area contributed by atoms with Crippen LogP contribution in [0.5, 0.6) is 0 Å². The molecule has 1 atom stereocenters. The zero-order valence-corrected chi connectivity index (χ0v) is 10.4. The van der Waals surface area contributed by atoms with E-state index in [1.54, 1.807) is 0 Å². The number of benzene rings is 2. The third kappa shape index (κ3) is 1.48. The molecular formula is C15H16BN. The highest BCUT2D eigenvalue weighted by Crippen LogP contribution is 2.43. The van der Waals surface area contributed by atoms with Crippen molar-refractivity contribution in [1.82, 2.24) is 0 Å². The Morgan fingerprint density at radius 3 is 2.41 bits per heavy atom. The van der Waals surface area contributed by atoms with Crippen LogP contribution >= 0.6 is 0 Å². The lowest BCUT2D eigenvalue weighted by molar-refractivity contribution is 0.623. The fraction of sp³-hybridized carbons (Fsp3) is 0.200. The molecule has 1 heterocycles. The highest BCUT2D eigenvalue weighted by molar-refractivity contribution is 6.19. The Kier molecular flexibility index (Phi) is 2.25. The second kappa shape index (κ2) is 3.66.